The van der Waals surface area contributed by atoms with Crippen LogP contribution in [0.1, 0.15) is 46.0 Å². The van der Waals surface area contributed by atoms with Gasteiger partial charge in [0.05, 0.1) is 0 Å². The molecular formula is C29H38SiZr-6. The van der Waals surface area contributed by atoms with Crippen molar-refractivity contribution < 1.29 is 23.3 Å². The van der Waals surface area contributed by atoms with Crippen LogP contribution in [-0.4, -0.2) is 6.88 Å². The summed E-state index contributed by atoms with van der Waals surface area (Å²) < 4.78 is 0. The Hall–Kier alpha value is -1.37. The second-order valence-electron chi connectivity index (χ2n) is 5.94. The molecule has 0 fully saturated rings. The first-order valence-electron chi connectivity index (χ1n) is 10.4. The van der Waals surface area contributed by atoms with E-state index in [-0.39, 0.29) is 7.43 Å². The van der Waals surface area contributed by atoms with Crippen molar-refractivity contribution in [1.29, 1.82) is 0 Å². The quantitative estimate of drug-likeness (QED) is 0.241. The van der Waals surface area contributed by atoms with E-state index in [1.54, 1.807) is 0 Å². The van der Waals surface area contributed by atoms with E-state index in [0.29, 0.717) is 0 Å². The Bertz CT molecular complexity index is 654. The maximum atomic E-state index is 3.60. The number of hydrogen-bond donors (Lipinski definition) is 0. The van der Waals surface area contributed by atoms with Crippen LogP contribution in [0.3, 0.4) is 0 Å². The van der Waals surface area contributed by atoms with Gasteiger partial charge in [-0.05, 0) is 0 Å². The van der Waals surface area contributed by atoms with E-state index < -0.39 is 0 Å². The first kappa shape index (κ1) is 34.2. The number of allylic oxidation sites excluding steroid dienone is 4. The number of unbranched alkanes of at least 4 members (excludes halogenated alkanes) is 2. The minimum absolute atomic E-state index is 0. The fourth-order valence-corrected chi connectivity index (χ4v) is 1.75. The van der Waals surface area contributed by atoms with Gasteiger partial charge in [-0.25, -0.2) is 12.2 Å². The van der Waals surface area contributed by atoms with Gasteiger partial charge in [-0.15, -0.1) is 36.1 Å². The zero-order valence-corrected chi connectivity index (χ0v) is 23.1. The molecule has 2 radical (unpaired) electrons. The summed E-state index contributed by atoms with van der Waals surface area (Å²) in [6.07, 6.45) is 14.6. The molecule has 4 rings (SSSR count). The molecule has 0 unspecified atom stereocenters. The Morgan fingerprint density at radius 3 is 1.84 bits per heavy atom. The van der Waals surface area contributed by atoms with Gasteiger partial charge in [-0.3, -0.25) is 6.08 Å². The molecule has 31 heavy (non-hydrogen) atoms. The van der Waals surface area contributed by atoms with Crippen molar-refractivity contribution in [2.24, 2.45) is 0 Å². The summed E-state index contributed by atoms with van der Waals surface area (Å²) >= 11 is 1.36. The number of rotatable bonds is 2. The topological polar surface area (TPSA) is 0 Å². The molecule has 0 saturated heterocycles. The van der Waals surface area contributed by atoms with Crippen molar-refractivity contribution in [2.75, 3.05) is 0 Å². The van der Waals surface area contributed by atoms with Crippen LogP contribution in [-0.2, 0) is 23.3 Å². The van der Waals surface area contributed by atoms with Crippen LogP contribution in [0.2, 0.25) is 0 Å². The van der Waals surface area contributed by atoms with Crippen molar-refractivity contribution in [3.63, 3.8) is 0 Å². The average molecular weight is 506 g/mol. The van der Waals surface area contributed by atoms with Crippen LogP contribution in [0.4, 0.5) is 0 Å². The molecule has 0 N–H and O–H groups in total. The van der Waals surface area contributed by atoms with Gasteiger partial charge in [-0.1, -0.05) is 32.8 Å². The SMILES string of the molecule is [C-]1=CC=CC1.[CH2-]CCC.[CH2-]CCC.[CH3-].[Si]=[Zr].[c-]1ccccc1.c1ccc2[cH-]ccc2c1. The van der Waals surface area contributed by atoms with E-state index in [2.05, 4.69) is 95.3 Å². The van der Waals surface area contributed by atoms with Crippen LogP contribution >= 0.6 is 0 Å². The van der Waals surface area contributed by atoms with Gasteiger partial charge in [0.2, 0.25) is 0 Å². The van der Waals surface area contributed by atoms with Crippen molar-refractivity contribution >= 4 is 17.7 Å². The molecule has 1 aliphatic rings. The second kappa shape index (κ2) is 30.8. The number of fused-ring (bicyclic) bond motifs is 1. The third kappa shape index (κ3) is 24.8. The maximum Gasteiger partial charge on any atom is -0.0809 e. The molecule has 0 atom stereocenters. The predicted molar refractivity (Wildman–Crippen MR) is 139 cm³/mol. The Kier molecular flexibility index (Phi) is 34.0. The molecule has 0 saturated carbocycles. The summed E-state index contributed by atoms with van der Waals surface area (Å²) in [7, 11) is 0. The van der Waals surface area contributed by atoms with Crippen LogP contribution < -0.4 is 0 Å². The third-order valence-corrected chi connectivity index (χ3v) is 3.45. The molecule has 3 aromatic carbocycles. The molecule has 0 nitrogen and oxygen atoms in total. The minimum atomic E-state index is 0. The Balaban J connectivity index is -0.000000320. The summed E-state index contributed by atoms with van der Waals surface area (Å²) in [4.78, 5) is 0. The number of benzene rings is 2. The Labute approximate surface area is 210 Å². The minimum Gasteiger partial charge on any atom is -0.184 e. The molecular weight excluding hydrogens is 468 g/mol. The van der Waals surface area contributed by atoms with E-state index in [0.717, 1.165) is 19.3 Å². The fraction of sp³-hybridized carbons (Fsp3) is 0.241. The summed E-state index contributed by atoms with van der Waals surface area (Å²) in [5.74, 6) is 0. The third-order valence-electron chi connectivity index (χ3n) is 3.45. The maximum absolute atomic E-state index is 3.60. The predicted octanol–water partition coefficient (Wildman–Crippen LogP) is 8.66. The second-order valence-corrected chi connectivity index (χ2v) is 5.94. The molecule has 0 amide bonds. The first-order chi connectivity index (χ1) is 14.8. The molecule has 0 aromatic heterocycles. The standard InChI is InChI=1S/C9H7.C6H5.C5H5.2C4H9.CH3.Si.Zr/c1-2-5-9-7-3-6-8(9)4-1;1-2-4-6-5-3-1;1-2-4-5-3-1;2*1-3-4-2;;;/h1-7H;1-5H;1-3H,4H2;2*1,3-4H2,2H3;1H3;;/q6*-1;;. The van der Waals surface area contributed by atoms with Crippen LogP contribution in [0.5, 0.6) is 0 Å². The van der Waals surface area contributed by atoms with Gasteiger partial charge < -0.3 is 21.3 Å². The zero-order chi connectivity index (χ0) is 22.7. The van der Waals surface area contributed by atoms with E-state index in [1.807, 2.05) is 42.5 Å². The largest absolute Gasteiger partial charge is 0.184 e. The van der Waals surface area contributed by atoms with Crippen LogP contribution in [0, 0.1) is 33.4 Å². The van der Waals surface area contributed by atoms with Gasteiger partial charge in [0.15, 0.2) is 0 Å². The first-order valence-corrected chi connectivity index (χ1v) is 14.6. The van der Waals surface area contributed by atoms with Gasteiger partial charge in [0.25, 0.3) is 0 Å². The summed E-state index contributed by atoms with van der Waals surface area (Å²) in [5, 5.41) is 2.66. The van der Waals surface area contributed by atoms with E-state index >= 15 is 0 Å². The average Bonchev–Trinajstić information content (AvgIpc) is 3.57. The Morgan fingerprint density at radius 1 is 0.935 bits per heavy atom. The van der Waals surface area contributed by atoms with Gasteiger partial charge in [0, 0.05) is 0 Å². The Morgan fingerprint density at radius 2 is 1.52 bits per heavy atom. The van der Waals surface area contributed by atoms with E-state index in [4.69, 9.17) is 0 Å². The van der Waals surface area contributed by atoms with Gasteiger partial charge >= 0.3 is 30.2 Å². The molecule has 2 heteroatoms. The smallest absolute Gasteiger partial charge is 0.0809 e. The molecule has 3 aromatic rings. The molecule has 0 heterocycles. The van der Waals surface area contributed by atoms with E-state index in [9.17, 15) is 0 Å². The molecule has 1 aliphatic carbocycles. The van der Waals surface area contributed by atoms with Crippen molar-refractivity contribution in [3.8, 4) is 0 Å². The van der Waals surface area contributed by atoms with Gasteiger partial charge in [0.1, 0.15) is 0 Å². The van der Waals surface area contributed by atoms with Crippen molar-refractivity contribution in [1.82, 2.24) is 0 Å². The summed E-state index contributed by atoms with van der Waals surface area (Å²) in [5.41, 5.74) is 0. The zero-order valence-electron chi connectivity index (χ0n) is 19.6. The summed E-state index contributed by atoms with van der Waals surface area (Å²) in [6.45, 7) is 14.5. The van der Waals surface area contributed by atoms with E-state index in [1.165, 1.54) is 46.9 Å². The molecule has 0 bridgehead atoms. The van der Waals surface area contributed by atoms with Crippen LogP contribution in [0.25, 0.3) is 10.8 Å². The van der Waals surface area contributed by atoms with Crippen molar-refractivity contribution in [2.45, 2.75) is 46.0 Å². The molecule has 0 aliphatic heterocycles. The summed E-state index contributed by atoms with van der Waals surface area (Å²) in [6, 6.07) is 27.2. The fourth-order valence-electron chi connectivity index (χ4n) is 1.75. The normalized spacial score (nSPS) is 9.39. The van der Waals surface area contributed by atoms with Crippen molar-refractivity contribution in [3.05, 3.63) is 124 Å². The number of hydrogen-bond acceptors (Lipinski definition) is 0. The van der Waals surface area contributed by atoms with Crippen LogP contribution in [0.15, 0.2) is 91.0 Å². The monoisotopic (exact) mass is 504 g/mol. The van der Waals surface area contributed by atoms with Gasteiger partial charge in [-0.2, -0.15) is 72.8 Å². The molecule has 168 valence electrons. The molecule has 0 spiro atoms.